The minimum absolute atomic E-state index is 0.264. The van der Waals surface area contributed by atoms with E-state index >= 15 is 0 Å². The number of hydrogen-bond donors (Lipinski definition) is 1. The molecule has 164 valence electrons. The Morgan fingerprint density at radius 1 is 0.970 bits per heavy atom. The van der Waals surface area contributed by atoms with Crippen LogP contribution in [0.15, 0.2) is 89.1 Å². The fourth-order valence-electron chi connectivity index (χ4n) is 4.04. The Balaban J connectivity index is 1.66. The molecule has 0 bridgehead atoms. The summed E-state index contributed by atoms with van der Waals surface area (Å²) in [4.78, 5) is 6.76. The molecule has 33 heavy (non-hydrogen) atoms. The van der Waals surface area contributed by atoms with Gasteiger partial charge in [0.1, 0.15) is 0 Å². The second-order valence-electron chi connectivity index (χ2n) is 7.90. The van der Waals surface area contributed by atoms with Crippen LogP contribution in [0.5, 0.6) is 0 Å². The number of nitrogens with one attached hydrogen (secondary N) is 1. The molecule has 0 amide bonds. The molecule has 2 heterocycles. The Bertz CT molecular complexity index is 1350. The molecule has 1 aromatic heterocycles. The number of halogens is 1. The van der Waals surface area contributed by atoms with E-state index in [0.29, 0.717) is 21.9 Å². The number of nitrogens with zero attached hydrogens (tertiary/aromatic N) is 3. The first-order chi connectivity index (χ1) is 16.0. The van der Waals surface area contributed by atoms with E-state index in [-0.39, 0.29) is 6.04 Å². The van der Waals surface area contributed by atoms with Crippen LogP contribution in [-0.4, -0.2) is 15.3 Å². The fourth-order valence-corrected chi connectivity index (χ4v) is 4.53. The number of aromatic nitrogens is 2. The highest BCUT2D eigenvalue weighted by molar-refractivity contribution is 7.80. The average Bonchev–Trinajstić information content (AvgIpc) is 3.30. The molecule has 1 N–H and O–H groups in total. The summed E-state index contributed by atoms with van der Waals surface area (Å²) in [5, 5.41) is 9.00. The van der Waals surface area contributed by atoms with Crippen LogP contribution in [0.1, 0.15) is 30.0 Å². The highest BCUT2D eigenvalue weighted by atomic mass is 35.5. The number of allylic oxidation sites excluding steroid dienone is 1. The Kier molecular flexibility index (Phi) is 5.70. The van der Waals surface area contributed by atoms with Gasteiger partial charge >= 0.3 is 0 Å². The Morgan fingerprint density at radius 3 is 2.45 bits per heavy atom. The number of benzene rings is 3. The van der Waals surface area contributed by atoms with E-state index in [1.165, 1.54) is 0 Å². The summed E-state index contributed by atoms with van der Waals surface area (Å²) in [6.07, 6.45) is 0. The van der Waals surface area contributed by atoms with Gasteiger partial charge in [-0.1, -0.05) is 71.4 Å². The fraction of sp³-hybridized carbons (Fsp3) is 0.115. The van der Waals surface area contributed by atoms with Gasteiger partial charge in [0.25, 0.3) is 5.89 Å². The summed E-state index contributed by atoms with van der Waals surface area (Å²) in [7, 11) is 0. The Morgan fingerprint density at radius 2 is 1.73 bits per heavy atom. The number of rotatable bonds is 4. The van der Waals surface area contributed by atoms with Crippen molar-refractivity contribution in [3.63, 3.8) is 0 Å². The van der Waals surface area contributed by atoms with E-state index in [1.54, 1.807) is 0 Å². The first kappa shape index (κ1) is 21.4. The molecule has 0 saturated heterocycles. The maximum absolute atomic E-state index is 6.14. The summed E-state index contributed by atoms with van der Waals surface area (Å²) in [5.41, 5.74) is 5.80. The Labute approximate surface area is 202 Å². The van der Waals surface area contributed by atoms with Crippen LogP contribution in [-0.2, 0) is 0 Å². The van der Waals surface area contributed by atoms with Crippen molar-refractivity contribution in [3.05, 3.63) is 107 Å². The van der Waals surface area contributed by atoms with Crippen molar-refractivity contribution in [1.82, 2.24) is 15.5 Å². The summed E-state index contributed by atoms with van der Waals surface area (Å²) >= 11 is 11.9. The SMILES string of the molecule is CC1=C(c2nc(-c3ccccc3)no2)C(c2ccc(Cl)cc2)NC(=S)N1c1cccc(C)c1. The lowest BCUT2D eigenvalue weighted by molar-refractivity contribution is 0.404. The van der Waals surface area contributed by atoms with E-state index < -0.39 is 0 Å². The maximum atomic E-state index is 6.14. The quantitative estimate of drug-likeness (QED) is 0.339. The molecule has 0 saturated carbocycles. The van der Waals surface area contributed by atoms with E-state index in [2.05, 4.69) is 29.5 Å². The molecule has 3 aromatic carbocycles. The first-order valence-corrected chi connectivity index (χ1v) is 11.3. The van der Waals surface area contributed by atoms with Crippen LogP contribution in [0.3, 0.4) is 0 Å². The van der Waals surface area contributed by atoms with Crippen LogP contribution in [0.25, 0.3) is 17.0 Å². The Hall–Kier alpha value is -3.48. The summed E-state index contributed by atoms with van der Waals surface area (Å²) in [5.74, 6) is 0.981. The molecule has 5 nitrogen and oxygen atoms in total. The highest BCUT2D eigenvalue weighted by Crippen LogP contribution is 2.39. The highest BCUT2D eigenvalue weighted by Gasteiger charge is 2.34. The van der Waals surface area contributed by atoms with Crippen molar-refractivity contribution in [2.45, 2.75) is 19.9 Å². The molecular weight excluding hydrogens is 452 g/mol. The predicted molar refractivity (Wildman–Crippen MR) is 136 cm³/mol. The molecule has 0 radical (unpaired) electrons. The van der Waals surface area contributed by atoms with Crippen molar-refractivity contribution in [1.29, 1.82) is 0 Å². The summed E-state index contributed by atoms with van der Waals surface area (Å²) in [6, 6.07) is 25.4. The second kappa shape index (κ2) is 8.81. The van der Waals surface area contributed by atoms with Gasteiger partial charge in [0.05, 0.1) is 11.6 Å². The average molecular weight is 473 g/mol. The van der Waals surface area contributed by atoms with Crippen LogP contribution in [0.4, 0.5) is 5.69 Å². The monoisotopic (exact) mass is 472 g/mol. The smallest absolute Gasteiger partial charge is 0.258 e. The van der Waals surface area contributed by atoms with E-state index in [1.807, 2.05) is 78.6 Å². The standard InChI is InChI=1S/C26H21ClN4OS/c1-16-7-6-10-21(15-16)31-17(2)22(23(28-26(31)33)18-11-13-20(27)14-12-18)25-29-24(30-32-25)19-8-4-3-5-9-19/h3-15,23H,1-2H3,(H,28,33). The van der Waals surface area contributed by atoms with Crippen molar-refractivity contribution < 1.29 is 4.52 Å². The molecule has 5 rings (SSSR count). The zero-order valence-electron chi connectivity index (χ0n) is 18.1. The lowest BCUT2D eigenvalue weighted by atomic mass is 9.94. The summed E-state index contributed by atoms with van der Waals surface area (Å²) < 4.78 is 5.79. The van der Waals surface area contributed by atoms with E-state index in [4.69, 9.17) is 33.3 Å². The van der Waals surface area contributed by atoms with Crippen LogP contribution >= 0.6 is 23.8 Å². The van der Waals surface area contributed by atoms with Gasteiger partial charge in [0.15, 0.2) is 5.11 Å². The van der Waals surface area contributed by atoms with Gasteiger partial charge in [-0.2, -0.15) is 4.98 Å². The van der Waals surface area contributed by atoms with Crippen molar-refractivity contribution in [3.8, 4) is 11.4 Å². The van der Waals surface area contributed by atoms with Gasteiger partial charge in [-0.15, -0.1) is 0 Å². The third-order valence-electron chi connectivity index (χ3n) is 5.64. The molecule has 1 aliphatic rings. The van der Waals surface area contributed by atoms with Gasteiger partial charge in [0, 0.05) is 22.0 Å². The molecule has 1 unspecified atom stereocenters. The molecule has 0 aliphatic carbocycles. The largest absolute Gasteiger partial charge is 0.351 e. The minimum Gasteiger partial charge on any atom is -0.351 e. The third kappa shape index (κ3) is 4.15. The second-order valence-corrected chi connectivity index (χ2v) is 8.72. The number of aryl methyl sites for hydroxylation is 1. The number of hydrogen-bond acceptors (Lipinski definition) is 4. The van der Waals surface area contributed by atoms with Gasteiger partial charge in [-0.25, -0.2) is 0 Å². The van der Waals surface area contributed by atoms with Gasteiger partial charge in [-0.3, -0.25) is 4.90 Å². The molecule has 0 spiro atoms. The van der Waals surface area contributed by atoms with Crippen molar-refractivity contribution in [2.75, 3.05) is 4.90 Å². The first-order valence-electron chi connectivity index (χ1n) is 10.5. The minimum atomic E-state index is -0.264. The third-order valence-corrected chi connectivity index (χ3v) is 6.19. The van der Waals surface area contributed by atoms with Crippen LogP contribution in [0.2, 0.25) is 5.02 Å². The van der Waals surface area contributed by atoms with Crippen LogP contribution < -0.4 is 10.2 Å². The van der Waals surface area contributed by atoms with Crippen LogP contribution in [0, 0.1) is 6.92 Å². The van der Waals surface area contributed by atoms with E-state index in [0.717, 1.165) is 33.6 Å². The lowest BCUT2D eigenvalue weighted by Gasteiger charge is -2.37. The van der Waals surface area contributed by atoms with Gasteiger partial charge in [0.2, 0.25) is 5.82 Å². The summed E-state index contributed by atoms with van der Waals surface area (Å²) in [6.45, 7) is 4.09. The maximum Gasteiger partial charge on any atom is 0.258 e. The number of anilines is 1. The molecule has 1 atom stereocenters. The molecule has 0 fully saturated rings. The van der Waals surface area contributed by atoms with Crippen molar-refractivity contribution in [2.24, 2.45) is 0 Å². The lowest BCUT2D eigenvalue weighted by Crippen LogP contribution is -2.46. The zero-order valence-corrected chi connectivity index (χ0v) is 19.7. The van der Waals surface area contributed by atoms with E-state index in [9.17, 15) is 0 Å². The van der Waals surface area contributed by atoms with Gasteiger partial charge in [-0.05, 0) is 61.5 Å². The molecular formula is C26H21ClN4OS. The normalized spacial score (nSPS) is 16.2. The topological polar surface area (TPSA) is 54.2 Å². The molecule has 4 aromatic rings. The molecule has 1 aliphatic heterocycles. The van der Waals surface area contributed by atoms with Gasteiger partial charge < -0.3 is 9.84 Å². The molecule has 7 heteroatoms. The predicted octanol–water partition coefficient (Wildman–Crippen LogP) is 6.57. The number of thiocarbonyl (C=S) groups is 1. The zero-order chi connectivity index (χ0) is 22.9. The van der Waals surface area contributed by atoms with Crippen molar-refractivity contribution >= 4 is 40.2 Å².